The van der Waals surface area contributed by atoms with E-state index < -0.39 is 0 Å². The minimum absolute atomic E-state index is 0.262. The van der Waals surface area contributed by atoms with Crippen LogP contribution in [-0.2, 0) is 13.5 Å². The first kappa shape index (κ1) is 12.6. The lowest BCUT2D eigenvalue weighted by atomic mass is 9.95. The van der Waals surface area contributed by atoms with Gasteiger partial charge in [0.25, 0.3) is 0 Å². The van der Waals surface area contributed by atoms with Gasteiger partial charge in [-0.3, -0.25) is 9.58 Å². The van der Waals surface area contributed by atoms with Crippen LogP contribution in [-0.4, -0.2) is 40.4 Å². The van der Waals surface area contributed by atoms with Gasteiger partial charge in [0.2, 0.25) is 0 Å². The van der Waals surface area contributed by atoms with Crippen molar-refractivity contribution in [1.29, 1.82) is 0 Å². The van der Waals surface area contributed by atoms with Crippen molar-refractivity contribution >= 4 is 0 Å². The number of aryl methyl sites for hydroxylation is 1. The lowest BCUT2D eigenvalue weighted by Crippen LogP contribution is -2.50. The Morgan fingerprint density at radius 2 is 2.18 bits per heavy atom. The van der Waals surface area contributed by atoms with E-state index in [-0.39, 0.29) is 5.54 Å². The molecule has 1 aliphatic carbocycles. The van der Waals surface area contributed by atoms with Crippen LogP contribution in [0.1, 0.15) is 31.4 Å². The minimum atomic E-state index is 0.262. The van der Waals surface area contributed by atoms with E-state index in [0.29, 0.717) is 0 Å². The van der Waals surface area contributed by atoms with Crippen LogP contribution in [0.2, 0.25) is 0 Å². The lowest BCUT2D eigenvalue weighted by Gasteiger charge is -2.38. The van der Waals surface area contributed by atoms with Crippen LogP contribution in [0.3, 0.4) is 0 Å². The van der Waals surface area contributed by atoms with Crippen molar-refractivity contribution in [1.82, 2.24) is 14.7 Å². The molecule has 2 rings (SSSR count). The normalized spacial score (nSPS) is 19.1. The highest BCUT2D eigenvalue weighted by atomic mass is 15.3. The summed E-state index contributed by atoms with van der Waals surface area (Å²) in [5.74, 6) is 0. The highest BCUT2D eigenvalue weighted by Crippen LogP contribution is 2.33. The summed E-state index contributed by atoms with van der Waals surface area (Å²) in [7, 11) is 4.22. The zero-order valence-corrected chi connectivity index (χ0v) is 11.0. The Hall–Kier alpha value is -0.870. The largest absolute Gasteiger partial charge is 0.329 e. The number of hydrogen-bond acceptors (Lipinski definition) is 3. The summed E-state index contributed by atoms with van der Waals surface area (Å²) in [6.45, 7) is 1.85. The second kappa shape index (κ2) is 5.19. The molecule has 0 saturated heterocycles. The van der Waals surface area contributed by atoms with E-state index in [9.17, 15) is 0 Å². The van der Waals surface area contributed by atoms with Crippen LogP contribution in [0.15, 0.2) is 12.3 Å². The molecule has 96 valence electrons. The van der Waals surface area contributed by atoms with Crippen molar-refractivity contribution in [2.45, 2.75) is 37.6 Å². The van der Waals surface area contributed by atoms with Gasteiger partial charge in [0.05, 0.1) is 0 Å². The number of likely N-dealkylation sites (N-methyl/N-ethyl adjacent to an activating group) is 1. The second-order valence-electron chi connectivity index (χ2n) is 5.25. The molecule has 1 saturated carbocycles. The first-order valence-corrected chi connectivity index (χ1v) is 6.56. The molecule has 0 amide bonds. The summed E-state index contributed by atoms with van der Waals surface area (Å²) < 4.78 is 1.96. The molecular weight excluding hydrogens is 212 g/mol. The topological polar surface area (TPSA) is 47.1 Å². The quantitative estimate of drug-likeness (QED) is 0.834. The van der Waals surface area contributed by atoms with Crippen molar-refractivity contribution in [3.8, 4) is 0 Å². The molecule has 0 bridgehead atoms. The molecule has 2 N–H and O–H groups in total. The molecule has 1 aromatic rings. The zero-order valence-electron chi connectivity index (χ0n) is 11.0. The molecule has 1 heterocycles. The minimum Gasteiger partial charge on any atom is -0.329 e. The van der Waals surface area contributed by atoms with Gasteiger partial charge in [-0.15, -0.1) is 0 Å². The van der Waals surface area contributed by atoms with Crippen LogP contribution in [0.5, 0.6) is 0 Å². The number of aromatic nitrogens is 2. The summed E-state index contributed by atoms with van der Waals surface area (Å²) >= 11 is 0. The molecule has 0 radical (unpaired) electrons. The molecule has 0 spiro atoms. The second-order valence-corrected chi connectivity index (χ2v) is 5.25. The van der Waals surface area contributed by atoms with Crippen molar-refractivity contribution in [3.63, 3.8) is 0 Å². The number of nitrogens with zero attached hydrogens (tertiary/aromatic N) is 3. The van der Waals surface area contributed by atoms with Gasteiger partial charge in [-0.25, -0.2) is 0 Å². The van der Waals surface area contributed by atoms with Crippen molar-refractivity contribution in [2.75, 3.05) is 20.1 Å². The number of hydrogen-bond donors (Lipinski definition) is 1. The van der Waals surface area contributed by atoms with Crippen molar-refractivity contribution in [3.05, 3.63) is 18.0 Å². The van der Waals surface area contributed by atoms with E-state index in [2.05, 4.69) is 23.1 Å². The molecule has 4 nitrogen and oxygen atoms in total. The average molecular weight is 236 g/mol. The molecule has 4 heteroatoms. The maximum absolute atomic E-state index is 5.99. The van der Waals surface area contributed by atoms with Gasteiger partial charge in [0, 0.05) is 44.0 Å². The van der Waals surface area contributed by atoms with E-state index in [1.54, 1.807) is 0 Å². The van der Waals surface area contributed by atoms with Crippen molar-refractivity contribution in [2.24, 2.45) is 12.8 Å². The summed E-state index contributed by atoms with van der Waals surface area (Å²) in [5, 5.41) is 4.20. The predicted molar refractivity (Wildman–Crippen MR) is 69.8 cm³/mol. The Morgan fingerprint density at radius 1 is 1.47 bits per heavy atom. The maximum Gasteiger partial charge on any atom is 0.0492 e. The van der Waals surface area contributed by atoms with E-state index in [0.717, 1.165) is 19.5 Å². The summed E-state index contributed by atoms with van der Waals surface area (Å²) in [6, 6.07) is 2.09. The van der Waals surface area contributed by atoms with Gasteiger partial charge >= 0.3 is 0 Å². The molecule has 1 fully saturated rings. The summed E-state index contributed by atoms with van der Waals surface area (Å²) in [4.78, 5) is 2.47. The molecule has 0 aromatic carbocycles. The van der Waals surface area contributed by atoms with E-state index in [4.69, 9.17) is 5.73 Å². The van der Waals surface area contributed by atoms with E-state index in [1.165, 1.54) is 31.4 Å². The third-order valence-electron chi connectivity index (χ3n) is 4.35. The Balaban J connectivity index is 1.92. The zero-order chi connectivity index (χ0) is 12.3. The molecular formula is C13H24N4. The van der Waals surface area contributed by atoms with Gasteiger partial charge in [-0.2, -0.15) is 5.10 Å². The first-order chi connectivity index (χ1) is 8.18. The summed E-state index contributed by atoms with van der Waals surface area (Å²) in [6.07, 6.45) is 8.08. The molecule has 1 aromatic heterocycles. The third-order valence-corrected chi connectivity index (χ3v) is 4.35. The molecule has 0 atom stereocenters. The molecule has 17 heavy (non-hydrogen) atoms. The molecule has 0 aliphatic heterocycles. The average Bonchev–Trinajstić information content (AvgIpc) is 2.95. The van der Waals surface area contributed by atoms with Crippen molar-refractivity contribution < 1.29 is 0 Å². The van der Waals surface area contributed by atoms with Crippen LogP contribution < -0.4 is 5.73 Å². The number of nitrogens with two attached hydrogens (primary N) is 1. The fourth-order valence-electron chi connectivity index (χ4n) is 2.94. The Labute approximate surface area is 104 Å². The fourth-order valence-corrected chi connectivity index (χ4v) is 2.94. The Kier molecular flexibility index (Phi) is 3.84. The van der Waals surface area contributed by atoms with E-state index in [1.807, 2.05) is 17.9 Å². The van der Waals surface area contributed by atoms with E-state index >= 15 is 0 Å². The van der Waals surface area contributed by atoms with Crippen LogP contribution in [0.25, 0.3) is 0 Å². The van der Waals surface area contributed by atoms with Crippen LogP contribution in [0.4, 0.5) is 0 Å². The van der Waals surface area contributed by atoms with Crippen LogP contribution in [0, 0.1) is 0 Å². The van der Waals surface area contributed by atoms with Gasteiger partial charge in [-0.05, 0) is 26.0 Å². The number of rotatable bonds is 5. The monoisotopic (exact) mass is 236 g/mol. The standard InChI is InChI=1S/C13H24N4/c1-16(13(11-14)7-3-4-8-13)10-6-12-5-9-15-17(12)2/h5,9H,3-4,6-8,10-11,14H2,1-2H3. The third kappa shape index (κ3) is 2.53. The van der Waals surface area contributed by atoms with Gasteiger partial charge in [0.1, 0.15) is 0 Å². The smallest absolute Gasteiger partial charge is 0.0492 e. The highest BCUT2D eigenvalue weighted by Gasteiger charge is 2.35. The fraction of sp³-hybridized carbons (Fsp3) is 0.769. The first-order valence-electron chi connectivity index (χ1n) is 6.56. The maximum atomic E-state index is 5.99. The van der Waals surface area contributed by atoms with Crippen LogP contribution >= 0.6 is 0 Å². The van der Waals surface area contributed by atoms with Gasteiger partial charge in [-0.1, -0.05) is 12.8 Å². The van der Waals surface area contributed by atoms with Gasteiger partial charge < -0.3 is 5.73 Å². The SMILES string of the molecule is CN(CCc1ccnn1C)C1(CN)CCCC1. The molecule has 1 aliphatic rings. The predicted octanol–water partition coefficient (Wildman–Crippen LogP) is 1.17. The summed E-state index contributed by atoms with van der Waals surface area (Å²) in [5.41, 5.74) is 7.55. The molecule has 0 unspecified atom stereocenters. The van der Waals surface area contributed by atoms with Gasteiger partial charge in [0.15, 0.2) is 0 Å². The highest BCUT2D eigenvalue weighted by molar-refractivity contribution is 5.02. The Morgan fingerprint density at radius 3 is 2.71 bits per heavy atom. The lowest BCUT2D eigenvalue weighted by molar-refractivity contribution is 0.133. The Bertz CT molecular complexity index is 352.